The molecule has 3 heterocycles. The summed E-state index contributed by atoms with van der Waals surface area (Å²) in [5.41, 5.74) is 0.988. The molecule has 2 saturated heterocycles. The van der Waals surface area contributed by atoms with Gasteiger partial charge in [0, 0.05) is 36.7 Å². The van der Waals surface area contributed by atoms with E-state index in [1.807, 2.05) is 47.4 Å². The van der Waals surface area contributed by atoms with Crippen LogP contribution in [0, 0.1) is 0 Å². The minimum atomic E-state index is -1.01. The summed E-state index contributed by atoms with van der Waals surface area (Å²) in [5.74, 6) is -1.01. The molecule has 7 nitrogen and oxygen atoms in total. The van der Waals surface area contributed by atoms with E-state index in [2.05, 4.69) is 20.9 Å². The molecule has 2 atom stereocenters. The first kappa shape index (κ1) is 21.8. The van der Waals surface area contributed by atoms with E-state index in [-0.39, 0.29) is 24.8 Å². The normalized spacial score (nSPS) is 25.1. The van der Waals surface area contributed by atoms with Crippen LogP contribution in [0.4, 0.5) is 4.79 Å². The number of aromatic nitrogens is 1. The Morgan fingerprint density at radius 2 is 1.84 bits per heavy atom. The van der Waals surface area contributed by atoms with Crippen molar-refractivity contribution in [2.24, 2.45) is 0 Å². The van der Waals surface area contributed by atoms with Gasteiger partial charge < -0.3 is 19.5 Å². The van der Waals surface area contributed by atoms with E-state index in [0.29, 0.717) is 17.4 Å². The minimum absolute atomic E-state index is 0.0757. The number of carbonyl (C=O) groups excluding carboxylic acids is 1. The molecular formula is C23H25BrN2O5. The van der Waals surface area contributed by atoms with Crippen molar-refractivity contribution < 1.29 is 24.2 Å². The standard InChI is InChI=1S/C23H25BrN2O5/c24-20-10-9-17(13-25-20)23(31-15-21(27)28)11-18-7-4-8-19(12-23)26(18)22(29)30-14-16-5-2-1-3-6-16/h1-3,5-6,9-10,13,18-19H,4,7-8,11-12,14-15H2,(H,27,28). The van der Waals surface area contributed by atoms with Crippen LogP contribution >= 0.6 is 15.9 Å². The van der Waals surface area contributed by atoms with Crippen LogP contribution in [-0.4, -0.2) is 45.7 Å². The maximum Gasteiger partial charge on any atom is 0.410 e. The van der Waals surface area contributed by atoms with E-state index in [1.165, 1.54) is 0 Å². The zero-order chi connectivity index (χ0) is 21.8. The lowest BCUT2D eigenvalue weighted by Gasteiger charge is -2.52. The third-order valence-corrected chi connectivity index (χ3v) is 6.60. The Kier molecular flexibility index (Phi) is 6.57. The Bertz CT molecular complexity index is 907. The van der Waals surface area contributed by atoms with Gasteiger partial charge in [0.2, 0.25) is 0 Å². The molecule has 8 heteroatoms. The van der Waals surface area contributed by atoms with Crippen molar-refractivity contribution in [3.8, 4) is 0 Å². The summed E-state index contributed by atoms with van der Waals surface area (Å²) in [6.45, 7) is -0.166. The fourth-order valence-corrected chi connectivity index (χ4v) is 5.02. The Morgan fingerprint density at radius 3 is 2.45 bits per heavy atom. The van der Waals surface area contributed by atoms with Crippen molar-refractivity contribution in [1.82, 2.24) is 9.88 Å². The molecule has 2 aromatic rings. The molecule has 164 valence electrons. The molecule has 2 aliphatic rings. The highest BCUT2D eigenvalue weighted by atomic mass is 79.9. The largest absolute Gasteiger partial charge is 0.480 e. The van der Waals surface area contributed by atoms with Gasteiger partial charge in [-0.1, -0.05) is 36.4 Å². The number of pyridine rings is 1. The third kappa shape index (κ3) is 4.91. The lowest BCUT2D eigenvalue weighted by molar-refractivity contribution is -0.163. The van der Waals surface area contributed by atoms with Gasteiger partial charge in [-0.05, 0) is 46.8 Å². The number of aliphatic carboxylic acids is 1. The highest BCUT2D eigenvalue weighted by Crippen LogP contribution is 2.47. The minimum Gasteiger partial charge on any atom is -0.480 e. The van der Waals surface area contributed by atoms with E-state index in [1.54, 1.807) is 6.20 Å². The fourth-order valence-electron chi connectivity index (χ4n) is 4.78. The second-order valence-electron chi connectivity index (χ2n) is 8.14. The van der Waals surface area contributed by atoms with Crippen LogP contribution in [0.2, 0.25) is 0 Å². The number of ether oxygens (including phenoxy) is 2. The molecule has 0 saturated carbocycles. The summed E-state index contributed by atoms with van der Waals surface area (Å²) in [4.78, 5) is 30.4. The number of piperidine rings is 2. The number of halogens is 1. The van der Waals surface area contributed by atoms with Gasteiger partial charge in [0.05, 0.1) is 5.60 Å². The topological polar surface area (TPSA) is 89.0 Å². The molecule has 2 unspecified atom stereocenters. The van der Waals surface area contributed by atoms with Crippen LogP contribution in [0.25, 0.3) is 0 Å². The van der Waals surface area contributed by atoms with E-state index in [9.17, 15) is 14.7 Å². The van der Waals surface area contributed by atoms with E-state index >= 15 is 0 Å². The Hall–Kier alpha value is -2.45. The van der Waals surface area contributed by atoms with Crippen molar-refractivity contribution >= 4 is 28.0 Å². The molecule has 0 aliphatic carbocycles. The Labute approximate surface area is 189 Å². The molecule has 2 fully saturated rings. The number of carboxylic acids is 1. The molecule has 1 aromatic carbocycles. The van der Waals surface area contributed by atoms with Gasteiger partial charge in [-0.2, -0.15) is 0 Å². The van der Waals surface area contributed by atoms with Crippen LogP contribution < -0.4 is 0 Å². The number of carboxylic acid groups (broad SMARTS) is 1. The highest BCUT2D eigenvalue weighted by molar-refractivity contribution is 9.10. The smallest absolute Gasteiger partial charge is 0.410 e. The molecule has 0 radical (unpaired) electrons. The Morgan fingerprint density at radius 1 is 1.13 bits per heavy atom. The number of fused-ring (bicyclic) bond motifs is 2. The third-order valence-electron chi connectivity index (χ3n) is 6.13. The zero-order valence-corrected chi connectivity index (χ0v) is 18.7. The first-order valence-corrected chi connectivity index (χ1v) is 11.2. The zero-order valence-electron chi connectivity index (χ0n) is 17.1. The summed E-state index contributed by atoms with van der Waals surface area (Å²) < 4.78 is 12.3. The number of rotatable bonds is 6. The van der Waals surface area contributed by atoms with Gasteiger partial charge in [0.1, 0.15) is 17.8 Å². The molecule has 2 bridgehead atoms. The van der Waals surface area contributed by atoms with Gasteiger partial charge in [-0.3, -0.25) is 0 Å². The second kappa shape index (κ2) is 9.36. The summed E-state index contributed by atoms with van der Waals surface area (Å²) in [6, 6.07) is 13.2. The number of amides is 1. The van der Waals surface area contributed by atoms with Crippen LogP contribution in [0.3, 0.4) is 0 Å². The molecule has 1 aromatic heterocycles. The van der Waals surface area contributed by atoms with Crippen LogP contribution in [0.15, 0.2) is 53.3 Å². The molecule has 31 heavy (non-hydrogen) atoms. The van der Waals surface area contributed by atoms with Crippen LogP contribution in [0.1, 0.15) is 43.2 Å². The predicted octanol–water partition coefficient (Wildman–Crippen LogP) is 4.49. The molecule has 1 amide bonds. The Balaban J connectivity index is 1.54. The maximum atomic E-state index is 13.0. The van der Waals surface area contributed by atoms with Gasteiger partial charge in [-0.25, -0.2) is 14.6 Å². The average molecular weight is 489 g/mol. The molecule has 1 N–H and O–H groups in total. The number of benzene rings is 1. The summed E-state index contributed by atoms with van der Waals surface area (Å²) in [6.07, 6.45) is 5.12. The summed E-state index contributed by atoms with van der Waals surface area (Å²) in [5, 5.41) is 9.24. The SMILES string of the molecule is O=C(O)COC1(c2ccc(Br)nc2)CC2CCCC(C1)N2C(=O)OCc1ccccc1. The summed E-state index contributed by atoms with van der Waals surface area (Å²) in [7, 11) is 0. The lowest BCUT2D eigenvalue weighted by Crippen LogP contribution is -2.59. The van der Waals surface area contributed by atoms with E-state index in [0.717, 1.165) is 30.4 Å². The summed E-state index contributed by atoms with van der Waals surface area (Å²) >= 11 is 3.35. The fraction of sp³-hybridized carbons (Fsp3) is 0.435. The quantitative estimate of drug-likeness (QED) is 0.602. The second-order valence-corrected chi connectivity index (χ2v) is 8.95. The number of hydrogen-bond acceptors (Lipinski definition) is 5. The van der Waals surface area contributed by atoms with Crippen molar-refractivity contribution in [3.05, 3.63) is 64.4 Å². The van der Waals surface area contributed by atoms with E-state index in [4.69, 9.17) is 9.47 Å². The molecule has 0 spiro atoms. The molecular weight excluding hydrogens is 464 g/mol. The number of carbonyl (C=O) groups is 2. The maximum absolute atomic E-state index is 13.0. The van der Waals surface area contributed by atoms with E-state index < -0.39 is 18.2 Å². The first-order chi connectivity index (χ1) is 15.0. The van der Waals surface area contributed by atoms with Crippen molar-refractivity contribution in [2.45, 2.75) is 56.4 Å². The highest BCUT2D eigenvalue weighted by Gasteiger charge is 2.50. The van der Waals surface area contributed by atoms with Gasteiger partial charge >= 0.3 is 12.1 Å². The number of nitrogens with zero attached hydrogens (tertiary/aromatic N) is 2. The number of hydrogen-bond donors (Lipinski definition) is 1. The monoisotopic (exact) mass is 488 g/mol. The van der Waals surface area contributed by atoms with Crippen molar-refractivity contribution in [2.75, 3.05) is 6.61 Å². The molecule has 2 aliphatic heterocycles. The first-order valence-electron chi connectivity index (χ1n) is 10.4. The van der Waals surface area contributed by atoms with Gasteiger partial charge in [0.25, 0.3) is 0 Å². The van der Waals surface area contributed by atoms with Crippen molar-refractivity contribution in [1.29, 1.82) is 0 Å². The predicted molar refractivity (Wildman–Crippen MR) is 116 cm³/mol. The van der Waals surface area contributed by atoms with Crippen molar-refractivity contribution in [3.63, 3.8) is 0 Å². The average Bonchev–Trinajstić information content (AvgIpc) is 2.76. The lowest BCUT2D eigenvalue weighted by atomic mass is 9.73. The van der Waals surface area contributed by atoms with Crippen LogP contribution in [0.5, 0.6) is 0 Å². The van der Waals surface area contributed by atoms with Gasteiger partial charge in [-0.15, -0.1) is 0 Å². The molecule has 4 rings (SSSR count). The van der Waals surface area contributed by atoms with Gasteiger partial charge in [0.15, 0.2) is 0 Å². The van der Waals surface area contributed by atoms with Crippen LogP contribution in [-0.2, 0) is 26.5 Å².